The molecule has 2 aliphatic heterocycles. The number of likely N-dealkylation sites (N-methyl/N-ethyl adjacent to an activating group) is 1. The van der Waals surface area contributed by atoms with Crippen LogP contribution in [0.15, 0.2) is 24.3 Å². The van der Waals surface area contributed by atoms with Crippen molar-refractivity contribution >= 4 is 11.6 Å². The Morgan fingerprint density at radius 3 is 2.46 bits per heavy atom. The van der Waals surface area contributed by atoms with Crippen molar-refractivity contribution in [2.45, 2.75) is 32.0 Å². The maximum absolute atomic E-state index is 12.1. The minimum absolute atomic E-state index is 0.0741. The van der Waals surface area contributed by atoms with Crippen LogP contribution in [-0.2, 0) is 11.3 Å². The maximum Gasteiger partial charge on any atom is 0.241 e. The number of rotatable bonds is 5. The van der Waals surface area contributed by atoms with E-state index in [4.69, 9.17) is 0 Å². The molecule has 6 heteroatoms. The third kappa shape index (κ3) is 4.54. The topological polar surface area (TPSA) is 67.8 Å². The number of nitrogens with one attached hydrogen (secondary N) is 2. The second-order valence-corrected chi connectivity index (χ2v) is 6.75. The Kier molecular flexibility index (Phi) is 5.84. The summed E-state index contributed by atoms with van der Waals surface area (Å²) in [6.45, 7) is 9.31. The normalized spacial score (nSPS) is 25.8. The lowest BCUT2D eigenvalue weighted by molar-refractivity contribution is -0.117. The van der Waals surface area contributed by atoms with Crippen LogP contribution in [0.5, 0.6) is 0 Å². The first-order valence-corrected chi connectivity index (χ1v) is 8.90. The molecule has 0 aliphatic carbocycles. The number of aliphatic hydroxyl groups is 1. The fraction of sp³-hybridized carbons (Fsp3) is 0.611. The van der Waals surface area contributed by atoms with Gasteiger partial charge in [0.15, 0.2) is 0 Å². The summed E-state index contributed by atoms with van der Waals surface area (Å²) < 4.78 is 0. The van der Waals surface area contributed by atoms with Crippen LogP contribution in [0.25, 0.3) is 0 Å². The number of anilines is 1. The van der Waals surface area contributed by atoms with Crippen LogP contribution in [0.4, 0.5) is 5.69 Å². The third-order valence-electron chi connectivity index (χ3n) is 4.96. The van der Waals surface area contributed by atoms with E-state index in [0.29, 0.717) is 13.0 Å². The first-order valence-electron chi connectivity index (χ1n) is 8.90. The number of benzene rings is 1. The number of β-amino-alcohol motifs (C(OH)–C–C–N with tert-alkyl or cyclic N) is 1. The number of hydrogen-bond acceptors (Lipinski definition) is 5. The molecule has 1 aromatic carbocycles. The summed E-state index contributed by atoms with van der Waals surface area (Å²) in [6.07, 6.45) is 0.0597. The summed E-state index contributed by atoms with van der Waals surface area (Å²) in [7, 11) is 0. The molecule has 0 radical (unpaired) electrons. The highest BCUT2D eigenvalue weighted by atomic mass is 16.3. The maximum atomic E-state index is 12.1. The van der Waals surface area contributed by atoms with Crippen molar-refractivity contribution in [1.29, 1.82) is 0 Å². The molecule has 24 heavy (non-hydrogen) atoms. The molecular formula is C18H28N4O2. The van der Waals surface area contributed by atoms with Crippen LogP contribution in [0, 0.1) is 0 Å². The van der Waals surface area contributed by atoms with Gasteiger partial charge in [0.2, 0.25) is 5.91 Å². The lowest BCUT2D eigenvalue weighted by Crippen LogP contribution is -2.45. The first-order chi connectivity index (χ1) is 11.6. The summed E-state index contributed by atoms with van der Waals surface area (Å²) in [4.78, 5) is 17.1. The highest BCUT2D eigenvalue weighted by Gasteiger charge is 2.27. The molecule has 0 bridgehead atoms. The molecule has 6 nitrogen and oxygen atoms in total. The van der Waals surface area contributed by atoms with Gasteiger partial charge in [-0.1, -0.05) is 19.1 Å². The molecule has 3 N–H and O–H groups in total. The monoisotopic (exact) mass is 332 g/mol. The lowest BCUT2D eigenvalue weighted by Gasteiger charge is -2.34. The molecule has 0 saturated carbocycles. The van der Waals surface area contributed by atoms with Crippen LogP contribution in [0.1, 0.15) is 18.9 Å². The van der Waals surface area contributed by atoms with E-state index in [1.54, 1.807) is 0 Å². The molecule has 2 saturated heterocycles. The van der Waals surface area contributed by atoms with E-state index >= 15 is 0 Å². The highest BCUT2D eigenvalue weighted by molar-refractivity contribution is 5.95. The third-order valence-corrected chi connectivity index (χ3v) is 4.96. The van der Waals surface area contributed by atoms with Gasteiger partial charge in [0, 0.05) is 45.0 Å². The van der Waals surface area contributed by atoms with Gasteiger partial charge in [-0.3, -0.25) is 9.69 Å². The summed E-state index contributed by atoms with van der Waals surface area (Å²) in [6, 6.07) is 7.79. The Morgan fingerprint density at radius 1 is 1.21 bits per heavy atom. The molecule has 0 aromatic heterocycles. The van der Waals surface area contributed by atoms with Crippen LogP contribution in [-0.4, -0.2) is 72.2 Å². The Hall–Kier alpha value is -1.47. The zero-order valence-electron chi connectivity index (χ0n) is 14.4. The zero-order valence-corrected chi connectivity index (χ0v) is 14.4. The Bertz CT molecular complexity index is 540. The van der Waals surface area contributed by atoms with Crippen molar-refractivity contribution in [2.24, 2.45) is 0 Å². The molecule has 3 rings (SSSR count). The molecule has 2 atom stereocenters. The van der Waals surface area contributed by atoms with Crippen molar-refractivity contribution in [3.8, 4) is 0 Å². The summed E-state index contributed by atoms with van der Waals surface area (Å²) >= 11 is 0. The van der Waals surface area contributed by atoms with Crippen LogP contribution >= 0.6 is 0 Å². The van der Waals surface area contributed by atoms with E-state index in [1.807, 2.05) is 12.1 Å². The van der Waals surface area contributed by atoms with Gasteiger partial charge in [-0.15, -0.1) is 0 Å². The molecule has 2 unspecified atom stereocenters. The van der Waals surface area contributed by atoms with Crippen molar-refractivity contribution in [3.05, 3.63) is 29.8 Å². The standard InChI is InChI=1S/C18H28N4O2/c1-2-21-7-9-22(10-8-21)13-14-3-5-15(6-4-14)20-18(24)17-11-16(23)12-19-17/h3-6,16-17,19,23H,2,7-13H2,1H3,(H,20,24). The van der Waals surface area contributed by atoms with E-state index in [1.165, 1.54) is 5.56 Å². The second kappa shape index (κ2) is 8.07. The average molecular weight is 332 g/mol. The van der Waals surface area contributed by atoms with Crippen LogP contribution < -0.4 is 10.6 Å². The Balaban J connectivity index is 1.48. The van der Waals surface area contributed by atoms with Crippen LogP contribution in [0.3, 0.4) is 0 Å². The Morgan fingerprint density at radius 2 is 1.88 bits per heavy atom. The van der Waals surface area contributed by atoms with Gasteiger partial charge in [0.1, 0.15) is 0 Å². The van der Waals surface area contributed by atoms with Crippen LogP contribution in [0.2, 0.25) is 0 Å². The van der Waals surface area contributed by atoms with Gasteiger partial charge in [-0.2, -0.15) is 0 Å². The molecule has 1 aromatic rings. The fourth-order valence-corrected chi connectivity index (χ4v) is 3.36. The minimum Gasteiger partial charge on any atom is -0.392 e. The van der Waals surface area contributed by atoms with Crippen molar-refractivity contribution < 1.29 is 9.90 Å². The summed E-state index contributed by atoms with van der Waals surface area (Å²) in [5, 5.41) is 15.4. The first kappa shape index (κ1) is 17.4. The van der Waals surface area contributed by atoms with E-state index in [-0.39, 0.29) is 11.9 Å². The van der Waals surface area contributed by atoms with Gasteiger partial charge >= 0.3 is 0 Å². The molecule has 2 aliphatic rings. The fourth-order valence-electron chi connectivity index (χ4n) is 3.36. The highest BCUT2D eigenvalue weighted by Crippen LogP contribution is 2.15. The Labute approximate surface area is 143 Å². The number of aliphatic hydroxyl groups excluding tert-OH is 1. The number of piperazine rings is 1. The van der Waals surface area contributed by atoms with Crippen molar-refractivity contribution in [2.75, 3.05) is 44.6 Å². The summed E-state index contributed by atoms with van der Waals surface area (Å²) in [5.74, 6) is -0.0741. The molecule has 1 amide bonds. The molecular weight excluding hydrogens is 304 g/mol. The van der Waals surface area contributed by atoms with Crippen molar-refractivity contribution in [3.63, 3.8) is 0 Å². The zero-order chi connectivity index (χ0) is 16.9. The smallest absolute Gasteiger partial charge is 0.241 e. The molecule has 2 heterocycles. The predicted octanol–water partition coefficient (Wildman–Crippen LogP) is 0.485. The average Bonchev–Trinajstić information content (AvgIpc) is 3.04. The second-order valence-electron chi connectivity index (χ2n) is 6.75. The molecule has 0 spiro atoms. The number of nitrogens with zero attached hydrogens (tertiary/aromatic N) is 2. The SMILES string of the molecule is CCN1CCN(Cc2ccc(NC(=O)C3CC(O)CN3)cc2)CC1. The lowest BCUT2D eigenvalue weighted by atomic mass is 10.1. The predicted molar refractivity (Wildman–Crippen MR) is 94.9 cm³/mol. The van der Waals surface area contributed by atoms with Gasteiger partial charge in [0.05, 0.1) is 12.1 Å². The number of amides is 1. The van der Waals surface area contributed by atoms with Gasteiger partial charge in [0.25, 0.3) is 0 Å². The van der Waals surface area contributed by atoms with Gasteiger partial charge < -0.3 is 20.6 Å². The quantitative estimate of drug-likeness (QED) is 0.732. The summed E-state index contributed by atoms with van der Waals surface area (Å²) in [5.41, 5.74) is 2.08. The largest absolute Gasteiger partial charge is 0.392 e. The van der Waals surface area contributed by atoms with E-state index < -0.39 is 6.10 Å². The number of carbonyl (C=O) groups is 1. The number of carbonyl (C=O) groups excluding carboxylic acids is 1. The minimum atomic E-state index is -0.420. The molecule has 132 valence electrons. The van der Waals surface area contributed by atoms with Gasteiger partial charge in [-0.05, 0) is 30.7 Å². The van der Waals surface area contributed by atoms with Crippen molar-refractivity contribution in [1.82, 2.24) is 15.1 Å². The molecule has 2 fully saturated rings. The van der Waals surface area contributed by atoms with Gasteiger partial charge in [-0.25, -0.2) is 0 Å². The number of hydrogen-bond donors (Lipinski definition) is 3. The van der Waals surface area contributed by atoms with E-state index in [0.717, 1.165) is 45.0 Å². The van der Waals surface area contributed by atoms with E-state index in [9.17, 15) is 9.90 Å². The van der Waals surface area contributed by atoms with E-state index in [2.05, 4.69) is 39.5 Å².